The number of anilines is 1. The number of nitrogens with zero attached hydrogens (tertiary/aromatic N) is 6. The first-order valence-corrected chi connectivity index (χ1v) is 38.6. The molecule has 0 unspecified atom stereocenters. The van der Waals surface area contributed by atoms with Crippen LogP contribution in [-0.4, -0.2) is 179 Å². The number of phenols is 4. The van der Waals surface area contributed by atoms with Crippen molar-refractivity contribution in [2.75, 3.05) is 77.6 Å². The van der Waals surface area contributed by atoms with Crippen molar-refractivity contribution in [3.63, 3.8) is 0 Å². The first-order valence-electron chi connectivity index (χ1n) is 38.6. The van der Waals surface area contributed by atoms with E-state index < -0.39 is 29.9 Å². The monoisotopic (exact) mass is 1480 g/mol. The fourth-order valence-electron chi connectivity index (χ4n) is 14.5. The number of phenolic OH excluding ortho intramolecular Hbond substituents is 4. The fraction of sp³-hybridized carbons (Fsp3) is 0.488. The maximum Gasteiger partial charge on any atom is 0.342 e. The van der Waals surface area contributed by atoms with Crippen LogP contribution >= 0.6 is 0 Å². The summed E-state index contributed by atoms with van der Waals surface area (Å²) >= 11 is 0. The second kappa shape index (κ2) is 40.4. The summed E-state index contributed by atoms with van der Waals surface area (Å²) in [7, 11) is 2.15. The number of aromatic hydroxyl groups is 4. The molecule has 0 radical (unpaired) electrons. The number of allylic oxidation sites excluding steroid dienone is 6. The molecule has 2 saturated heterocycles. The first kappa shape index (κ1) is 82.3. The summed E-state index contributed by atoms with van der Waals surface area (Å²) in [6, 6.07) is 22.2. The molecule has 6 aliphatic rings. The van der Waals surface area contributed by atoms with Gasteiger partial charge in [-0.25, -0.2) is 9.59 Å². The third-order valence-corrected chi connectivity index (χ3v) is 20.4. The fourth-order valence-corrected chi connectivity index (χ4v) is 14.5. The lowest BCUT2D eigenvalue weighted by Gasteiger charge is -2.27. The molecule has 0 aromatic heterocycles. The molecular formula is C86H112N7O15+. The van der Waals surface area contributed by atoms with E-state index in [1.54, 1.807) is 35.8 Å². The highest BCUT2D eigenvalue weighted by atomic mass is 16.6. The van der Waals surface area contributed by atoms with Crippen LogP contribution in [0.5, 0.6) is 23.0 Å². The molecule has 22 nitrogen and oxygen atoms in total. The number of hydrogen-bond acceptors (Lipinski definition) is 18. The van der Waals surface area contributed by atoms with Gasteiger partial charge in [0.2, 0.25) is 11.6 Å². The smallest absolute Gasteiger partial charge is 0.342 e. The largest absolute Gasteiger partial charge is 0.508 e. The lowest BCUT2D eigenvalue weighted by molar-refractivity contribution is -0.401. The van der Waals surface area contributed by atoms with Crippen molar-refractivity contribution >= 4 is 58.2 Å². The van der Waals surface area contributed by atoms with Gasteiger partial charge in [0.15, 0.2) is 18.9 Å². The summed E-state index contributed by atoms with van der Waals surface area (Å²) in [6.07, 6.45) is 33.0. The van der Waals surface area contributed by atoms with Gasteiger partial charge in [0, 0.05) is 131 Å². The summed E-state index contributed by atoms with van der Waals surface area (Å²) in [6.45, 7) is 19.5. The number of esters is 2. The SMILES string of the molecule is CCCCO[C@@H]1/C=C/C[C@@H](C)OC(=O)c2c(O)cc(O)cc2CC(=N/OCC(=O)N2CCCCC2)/C=C/C1.C[C@@H]1C/C=C/[C@@H](OCCCNC(=O)CCCCN2/C(=C\C=C\C3=[N+](C)c4ccccc4C3(C)C)C(C)(C)c3ccccc32)C/C=C/C(=N\OCC(=O)N2CCCCC2)Cc2cc(O)cc(O)c2C(=O)O1. The van der Waals surface area contributed by atoms with Crippen LogP contribution in [0.15, 0.2) is 156 Å². The molecule has 0 saturated carbocycles. The molecule has 6 aliphatic heterocycles. The number of rotatable bonds is 22. The number of oxime groups is 2. The second-order valence-corrected chi connectivity index (χ2v) is 29.6. The number of ether oxygens (including phenoxy) is 4. The third kappa shape index (κ3) is 23.1. The van der Waals surface area contributed by atoms with Crippen molar-refractivity contribution in [3.05, 3.63) is 179 Å². The Morgan fingerprint density at radius 2 is 1.14 bits per heavy atom. The number of carbonyl (C=O) groups excluding carboxylic acids is 5. The summed E-state index contributed by atoms with van der Waals surface area (Å²) in [4.78, 5) is 81.7. The number of likely N-dealkylation sites (tertiary alicyclic amines) is 2. The van der Waals surface area contributed by atoms with Gasteiger partial charge in [-0.05, 0) is 158 Å². The molecule has 5 N–H and O–H groups in total. The van der Waals surface area contributed by atoms with Crippen molar-refractivity contribution < 1.29 is 77.6 Å². The normalized spacial score (nSPS) is 22.6. The molecule has 0 aliphatic carbocycles. The lowest BCUT2D eigenvalue weighted by atomic mass is 9.81. The molecule has 0 spiro atoms. The van der Waals surface area contributed by atoms with Gasteiger partial charge in [-0.1, -0.05) is 116 Å². The Morgan fingerprint density at radius 3 is 1.67 bits per heavy atom. The number of amides is 3. The molecular weight excluding hydrogens is 1370 g/mol. The van der Waals surface area contributed by atoms with Crippen molar-refractivity contribution in [1.29, 1.82) is 0 Å². The van der Waals surface area contributed by atoms with Crippen LogP contribution in [0, 0.1) is 0 Å². The van der Waals surface area contributed by atoms with E-state index in [1.807, 2.05) is 36.5 Å². The van der Waals surface area contributed by atoms with Gasteiger partial charge in [0.1, 0.15) is 53.4 Å². The molecule has 6 heterocycles. The van der Waals surface area contributed by atoms with E-state index in [-0.39, 0.29) is 95.2 Å². The molecule has 22 heteroatoms. The van der Waals surface area contributed by atoms with E-state index >= 15 is 0 Å². The van der Waals surface area contributed by atoms with E-state index in [4.69, 9.17) is 28.6 Å². The number of para-hydroxylation sites is 2. The van der Waals surface area contributed by atoms with Crippen molar-refractivity contribution in [2.45, 2.75) is 199 Å². The average molecular weight is 1480 g/mol. The van der Waals surface area contributed by atoms with Gasteiger partial charge in [-0.3, -0.25) is 14.4 Å². The van der Waals surface area contributed by atoms with Gasteiger partial charge in [-0.15, -0.1) is 0 Å². The molecule has 4 aromatic rings. The average Bonchev–Trinajstić information content (AvgIpc) is 1.60. The van der Waals surface area contributed by atoms with E-state index in [1.165, 1.54) is 46.0 Å². The summed E-state index contributed by atoms with van der Waals surface area (Å²) in [5.74, 6) is -2.91. The van der Waals surface area contributed by atoms with Crippen molar-refractivity contribution in [1.82, 2.24) is 15.1 Å². The van der Waals surface area contributed by atoms with Gasteiger partial charge in [0.05, 0.1) is 29.0 Å². The Hall–Kier alpha value is -9.80. The van der Waals surface area contributed by atoms with Crippen LogP contribution in [0.25, 0.3) is 0 Å². The predicted octanol–water partition coefficient (Wildman–Crippen LogP) is 14.1. The van der Waals surface area contributed by atoms with Crippen LogP contribution in [0.1, 0.15) is 194 Å². The Labute approximate surface area is 636 Å². The molecule has 0 bridgehead atoms. The Bertz CT molecular complexity index is 4060. The van der Waals surface area contributed by atoms with Crippen molar-refractivity contribution in [3.8, 4) is 23.0 Å². The van der Waals surface area contributed by atoms with Gasteiger partial charge in [0.25, 0.3) is 11.8 Å². The zero-order chi connectivity index (χ0) is 77.2. The van der Waals surface area contributed by atoms with E-state index in [9.17, 15) is 44.4 Å². The predicted molar refractivity (Wildman–Crippen MR) is 420 cm³/mol. The molecule has 108 heavy (non-hydrogen) atoms. The zero-order valence-electron chi connectivity index (χ0n) is 64.4. The highest BCUT2D eigenvalue weighted by molar-refractivity contribution is 6.04. The Morgan fingerprint density at radius 1 is 0.630 bits per heavy atom. The number of nitrogens with one attached hydrogen (secondary N) is 1. The summed E-state index contributed by atoms with van der Waals surface area (Å²) < 4.78 is 25.9. The van der Waals surface area contributed by atoms with E-state index in [0.29, 0.717) is 93.9 Å². The minimum atomic E-state index is -0.736. The summed E-state index contributed by atoms with van der Waals surface area (Å²) in [5, 5.41) is 53.2. The molecule has 4 atom stereocenters. The van der Waals surface area contributed by atoms with Gasteiger partial charge >= 0.3 is 11.9 Å². The van der Waals surface area contributed by atoms with Crippen LogP contribution < -0.4 is 10.2 Å². The number of piperidine rings is 2. The van der Waals surface area contributed by atoms with Gasteiger partial charge in [-0.2, -0.15) is 4.58 Å². The number of benzene rings is 4. The van der Waals surface area contributed by atoms with Gasteiger partial charge < -0.3 is 69.1 Å². The molecule has 4 aromatic carbocycles. The number of unbranched alkanes of at least 4 members (excludes halogenated alkanes) is 2. The summed E-state index contributed by atoms with van der Waals surface area (Å²) in [5.41, 5.74) is 8.61. The number of hydrogen-bond donors (Lipinski definition) is 5. The molecule has 2 fully saturated rings. The van der Waals surface area contributed by atoms with Crippen LogP contribution in [0.3, 0.4) is 0 Å². The second-order valence-electron chi connectivity index (χ2n) is 29.6. The third-order valence-electron chi connectivity index (χ3n) is 20.4. The highest BCUT2D eigenvalue weighted by Crippen LogP contribution is 2.48. The number of fused-ring (bicyclic) bond motifs is 4. The maximum atomic E-state index is 13.3. The Balaban J connectivity index is 0.000000298. The quantitative estimate of drug-likeness (QED) is 0.0161. The lowest BCUT2D eigenvalue weighted by Crippen LogP contribution is -2.37. The standard InChI is InChI=1S/C57H71N5O8.C29H40N2O7/c1-40-20-16-22-44(23-17-21-42(59-69-39-53(66)61-32-13-7-14-33-61)36-41-37-43(63)38-49(64)54(41)55(67)70-40)68-35-19-31-58-52(65)30-12-15-34-62-48-27-11-9-25-46(48)57(4,5)51(62)29-18-28-50-56(2,3)45-24-8-10-26-47(45)60(50)6;1-3-4-16-36-25-12-8-10-21(2)38-29(35)28-22(18-24(32)19-26(28)33)17-23(11-9-13-25)30-37-20-27(34)31-14-6-5-7-15-31/h8-11,16-18,21-22,24-29,37-38,40,44H,7,12-15,19-20,23,30-36,39H2,1-6H3,(H2-,58,63,64,65,67);8-9,11-12,18-19,21,25,32-33H,3-7,10,13-17,20H2,1-2H3/p+1/b21-17+,22-16+,59-42+;11-9+,12-8+,30-23+/t40-,44-;21-,25-/m11/s1. The van der Waals surface area contributed by atoms with Crippen LogP contribution in [0.4, 0.5) is 11.4 Å². The van der Waals surface area contributed by atoms with Crippen LogP contribution in [0.2, 0.25) is 0 Å². The van der Waals surface area contributed by atoms with Crippen LogP contribution in [-0.2, 0) is 66.7 Å². The maximum absolute atomic E-state index is 13.3. The number of carbonyl (C=O) groups is 5. The minimum Gasteiger partial charge on any atom is -0.508 e. The molecule has 580 valence electrons. The minimum absolute atomic E-state index is 0.00315. The topological polar surface area (TPSA) is 271 Å². The molecule has 10 rings (SSSR count). The first-order chi connectivity index (χ1) is 52.0. The Kier molecular flexibility index (Phi) is 30.8. The zero-order valence-corrected chi connectivity index (χ0v) is 64.4. The highest BCUT2D eigenvalue weighted by Gasteiger charge is 2.43. The molecule has 3 amide bonds. The van der Waals surface area contributed by atoms with E-state index in [0.717, 1.165) is 96.0 Å². The van der Waals surface area contributed by atoms with E-state index in [2.05, 4.69) is 134 Å². The van der Waals surface area contributed by atoms with Crippen molar-refractivity contribution in [2.24, 2.45) is 10.3 Å². The number of cyclic esters (lactones) is 2.